The van der Waals surface area contributed by atoms with Crippen LogP contribution >= 0.6 is 15.9 Å². The van der Waals surface area contributed by atoms with E-state index in [0.717, 1.165) is 45.7 Å². The Kier molecular flexibility index (Phi) is 5.35. The second-order valence-electron chi connectivity index (χ2n) is 6.97. The molecule has 0 spiro atoms. The number of halogens is 1. The molecule has 0 aromatic heterocycles. The molecule has 2 aromatic carbocycles. The minimum absolute atomic E-state index is 0.0171. The van der Waals surface area contributed by atoms with Gasteiger partial charge in [0, 0.05) is 17.5 Å². The zero-order chi connectivity index (χ0) is 19.7. The lowest BCUT2D eigenvalue weighted by atomic mass is 9.97. The van der Waals surface area contributed by atoms with Crippen molar-refractivity contribution in [3.63, 3.8) is 0 Å². The first-order valence-electron chi connectivity index (χ1n) is 9.45. The van der Waals surface area contributed by atoms with Crippen molar-refractivity contribution in [3.8, 4) is 23.0 Å². The number of aromatic hydroxyl groups is 1. The molecule has 0 amide bonds. The van der Waals surface area contributed by atoms with Gasteiger partial charge in [0.1, 0.15) is 11.5 Å². The largest absolute Gasteiger partial charge is 0.507 e. The van der Waals surface area contributed by atoms with Gasteiger partial charge in [-0.15, -0.1) is 0 Å². The molecule has 2 aliphatic heterocycles. The van der Waals surface area contributed by atoms with E-state index >= 15 is 0 Å². The van der Waals surface area contributed by atoms with Crippen LogP contribution in [0.3, 0.4) is 0 Å². The first kappa shape index (κ1) is 18.9. The number of hydrazone groups is 1. The van der Waals surface area contributed by atoms with Gasteiger partial charge in [-0.2, -0.15) is 5.10 Å². The monoisotopic (exact) mass is 446 g/mol. The smallest absolute Gasteiger partial charge is 0.231 e. The number of unbranched alkanes of at least 4 members (excludes halogenated alkanes) is 1. The van der Waals surface area contributed by atoms with E-state index in [9.17, 15) is 5.11 Å². The third kappa shape index (κ3) is 3.51. The summed E-state index contributed by atoms with van der Waals surface area (Å²) < 4.78 is 17.5. The van der Waals surface area contributed by atoms with Crippen LogP contribution in [0.4, 0.5) is 0 Å². The van der Waals surface area contributed by atoms with E-state index < -0.39 is 0 Å². The summed E-state index contributed by atoms with van der Waals surface area (Å²) in [5.41, 5.74) is 6.47. The fourth-order valence-corrected chi connectivity index (χ4v) is 4.04. The summed E-state index contributed by atoms with van der Waals surface area (Å²) in [5, 5.41) is 15.2. The molecule has 2 heterocycles. The Bertz CT molecular complexity index is 929. The van der Waals surface area contributed by atoms with E-state index in [4.69, 9.17) is 14.2 Å². The van der Waals surface area contributed by atoms with E-state index in [1.165, 1.54) is 0 Å². The lowest BCUT2D eigenvalue weighted by Crippen LogP contribution is -2.10. The maximum absolute atomic E-state index is 10.8. The average Bonchev–Trinajstić information content (AvgIpc) is 3.36. The first-order valence-corrected chi connectivity index (χ1v) is 10.2. The molecule has 0 saturated heterocycles. The lowest BCUT2D eigenvalue weighted by molar-refractivity contribution is 0.174. The Labute approximate surface area is 172 Å². The molecule has 2 N–H and O–H groups in total. The van der Waals surface area contributed by atoms with Crippen LogP contribution in [0.15, 0.2) is 33.8 Å². The second kappa shape index (κ2) is 7.91. The summed E-state index contributed by atoms with van der Waals surface area (Å²) in [6, 6.07) is 7.80. The van der Waals surface area contributed by atoms with Crippen molar-refractivity contribution < 1.29 is 19.3 Å². The molecule has 1 atom stereocenters. The molecule has 0 aliphatic carbocycles. The summed E-state index contributed by atoms with van der Waals surface area (Å²) in [6.07, 6.45) is 2.70. The number of ether oxygens (including phenoxy) is 3. The number of hydrogen-bond donors (Lipinski definition) is 2. The van der Waals surface area contributed by atoms with Gasteiger partial charge in [0.25, 0.3) is 0 Å². The SMILES string of the molecule is CCCCOc1c(Br)cc(C2=NNC(c3ccc4c(c3)OCO4)C2)c(O)c1C. The number of nitrogens with zero attached hydrogens (tertiary/aromatic N) is 1. The minimum atomic E-state index is 0.0171. The fraction of sp³-hybridized carbons (Fsp3) is 0.381. The van der Waals surface area contributed by atoms with Crippen LogP contribution in [-0.4, -0.2) is 24.2 Å². The number of benzene rings is 2. The van der Waals surface area contributed by atoms with Gasteiger partial charge in [0.05, 0.1) is 22.8 Å². The summed E-state index contributed by atoms with van der Waals surface area (Å²) in [5.74, 6) is 2.41. The minimum Gasteiger partial charge on any atom is -0.507 e. The van der Waals surface area contributed by atoms with Crippen molar-refractivity contribution in [2.45, 2.75) is 39.2 Å². The Morgan fingerprint density at radius 3 is 2.93 bits per heavy atom. The summed E-state index contributed by atoms with van der Waals surface area (Å²) >= 11 is 3.58. The summed E-state index contributed by atoms with van der Waals surface area (Å²) in [6.45, 7) is 4.87. The van der Waals surface area contributed by atoms with E-state index in [1.54, 1.807) is 0 Å². The van der Waals surface area contributed by atoms with Crippen LogP contribution in [-0.2, 0) is 0 Å². The van der Waals surface area contributed by atoms with Crippen LogP contribution < -0.4 is 19.6 Å². The van der Waals surface area contributed by atoms with E-state index in [0.29, 0.717) is 24.3 Å². The van der Waals surface area contributed by atoms with E-state index in [1.807, 2.05) is 31.2 Å². The third-order valence-corrected chi connectivity index (χ3v) is 5.63. The van der Waals surface area contributed by atoms with Crippen molar-refractivity contribution in [1.29, 1.82) is 0 Å². The average molecular weight is 447 g/mol. The van der Waals surface area contributed by atoms with Gasteiger partial charge in [-0.1, -0.05) is 19.4 Å². The van der Waals surface area contributed by atoms with Gasteiger partial charge in [-0.3, -0.25) is 0 Å². The van der Waals surface area contributed by atoms with Crippen molar-refractivity contribution in [2.24, 2.45) is 5.10 Å². The number of fused-ring (bicyclic) bond motifs is 1. The summed E-state index contributed by atoms with van der Waals surface area (Å²) in [4.78, 5) is 0. The molecule has 2 aliphatic rings. The molecule has 148 valence electrons. The van der Waals surface area contributed by atoms with Gasteiger partial charge in [0.15, 0.2) is 11.5 Å². The van der Waals surface area contributed by atoms with Crippen LogP contribution in [0.25, 0.3) is 0 Å². The number of phenolic OH excluding ortho intramolecular Hbond substituents is 1. The highest BCUT2D eigenvalue weighted by Gasteiger charge is 2.27. The number of nitrogens with one attached hydrogen (secondary N) is 1. The van der Waals surface area contributed by atoms with Gasteiger partial charge < -0.3 is 24.7 Å². The molecule has 6 nitrogen and oxygen atoms in total. The van der Waals surface area contributed by atoms with Crippen molar-refractivity contribution in [3.05, 3.63) is 45.4 Å². The van der Waals surface area contributed by atoms with Crippen LogP contribution in [0, 0.1) is 6.92 Å². The lowest BCUT2D eigenvalue weighted by Gasteiger charge is -2.15. The molecule has 0 radical (unpaired) electrons. The van der Waals surface area contributed by atoms with E-state index in [2.05, 4.69) is 33.4 Å². The molecule has 2 aromatic rings. The highest BCUT2D eigenvalue weighted by Crippen LogP contribution is 2.41. The van der Waals surface area contributed by atoms with Gasteiger partial charge >= 0.3 is 0 Å². The zero-order valence-corrected chi connectivity index (χ0v) is 17.5. The molecule has 0 saturated carbocycles. The van der Waals surface area contributed by atoms with Crippen LogP contribution in [0.1, 0.15) is 48.9 Å². The number of hydrogen-bond acceptors (Lipinski definition) is 6. The Morgan fingerprint density at radius 1 is 1.29 bits per heavy atom. The predicted molar refractivity (Wildman–Crippen MR) is 111 cm³/mol. The highest BCUT2D eigenvalue weighted by atomic mass is 79.9. The normalized spacial score (nSPS) is 17.4. The van der Waals surface area contributed by atoms with Crippen LogP contribution in [0.2, 0.25) is 0 Å². The maximum Gasteiger partial charge on any atom is 0.231 e. The first-order chi connectivity index (χ1) is 13.6. The Balaban J connectivity index is 1.54. The molecule has 0 bridgehead atoms. The van der Waals surface area contributed by atoms with Crippen LogP contribution in [0.5, 0.6) is 23.0 Å². The molecule has 28 heavy (non-hydrogen) atoms. The van der Waals surface area contributed by atoms with Gasteiger partial charge in [-0.25, -0.2) is 0 Å². The number of phenols is 1. The Hall–Kier alpha value is -2.41. The molecule has 0 fully saturated rings. The highest BCUT2D eigenvalue weighted by molar-refractivity contribution is 9.10. The van der Waals surface area contributed by atoms with Gasteiger partial charge in [-0.05, 0) is 53.0 Å². The van der Waals surface area contributed by atoms with Gasteiger partial charge in [0.2, 0.25) is 6.79 Å². The standard InChI is InChI=1S/C21H23BrN2O4/c1-3-4-7-26-21-12(2)20(25)14(9-15(21)22)17-10-16(23-24-17)13-5-6-18-19(8-13)28-11-27-18/h5-6,8-9,16,23,25H,3-4,7,10-11H2,1-2H3. The topological polar surface area (TPSA) is 72.3 Å². The molecular formula is C21H23BrN2O4. The summed E-state index contributed by atoms with van der Waals surface area (Å²) in [7, 11) is 0. The van der Waals surface area contributed by atoms with Crippen molar-refractivity contribution in [2.75, 3.05) is 13.4 Å². The van der Waals surface area contributed by atoms with Crippen molar-refractivity contribution in [1.82, 2.24) is 5.43 Å². The molecular weight excluding hydrogens is 424 g/mol. The maximum atomic E-state index is 10.8. The zero-order valence-electron chi connectivity index (χ0n) is 15.9. The fourth-order valence-electron chi connectivity index (χ4n) is 3.40. The molecule has 1 unspecified atom stereocenters. The Morgan fingerprint density at radius 2 is 2.11 bits per heavy atom. The predicted octanol–water partition coefficient (Wildman–Crippen LogP) is 4.81. The molecule has 4 rings (SSSR count). The van der Waals surface area contributed by atoms with Crippen molar-refractivity contribution >= 4 is 21.6 Å². The second-order valence-corrected chi connectivity index (χ2v) is 7.82. The van der Waals surface area contributed by atoms with E-state index in [-0.39, 0.29) is 18.6 Å². The number of rotatable bonds is 6. The molecule has 7 heteroatoms. The quantitative estimate of drug-likeness (QED) is 0.622. The third-order valence-electron chi connectivity index (χ3n) is 5.05.